The Bertz CT molecular complexity index is 425. The zero-order valence-electron chi connectivity index (χ0n) is 12.2. The van der Waals surface area contributed by atoms with Crippen molar-refractivity contribution in [3.8, 4) is 0 Å². The van der Waals surface area contributed by atoms with Crippen molar-refractivity contribution in [3.63, 3.8) is 0 Å². The van der Waals surface area contributed by atoms with Crippen LogP contribution in [0.15, 0.2) is 6.07 Å². The number of nitrogens with one attached hydrogen (secondary N) is 1. The smallest absolute Gasteiger partial charge is 0.223 e. The fraction of sp³-hybridized carbons (Fsp3) is 0.733. The van der Waals surface area contributed by atoms with Crippen LogP contribution in [-0.4, -0.2) is 40.0 Å². The number of anilines is 1. The zero-order chi connectivity index (χ0) is 13.4. The van der Waals surface area contributed by atoms with Crippen LogP contribution >= 0.6 is 0 Å². The van der Waals surface area contributed by atoms with Gasteiger partial charge in [0.25, 0.3) is 0 Å². The van der Waals surface area contributed by atoms with Crippen molar-refractivity contribution in [2.75, 3.05) is 12.4 Å². The van der Waals surface area contributed by atoms with E-state index < -0.39 is 0 Å². The summed E-state index contributed by atoms with van der Waals surface area (Å²) in [5.74, 6) is 0.810. The van der Waals surface area contributed by atoms with Gasteiger partial charge in [0.05, 0.1) is 0 Å². The lowest BCUT2D eigenvalue weighted by Gasteiger charge is -2.47. The zero-order valence-corrected chi connectivity index (χ0v) is 12.2. The molecule has 1 aromatic heterocycles. The molecule has 0 amide bonds. The second-order valence-electron chi connectivity index (χ2n) is 6.19. The van der Waals surface area contributed by atoms with Crippen LogP contribution in [0.5, 0.6) is 0 Å². The van der Waals surface area contributed by atoms with Crippen LogP contribution in [-0.2, 0) is 0 Å². The molecule has 0 aromatic carbocycles. The summed E-state index contributed by atoms with van der Waals surface area (Å²) in [5.41, 5.74) is 2.09. The summed E-state index contributed by atoms with van der Waals surface area (Å²) in [4.78, 5) is 11.6. The van der Waals surface area contributed by atoms with Crippen molar-refractivity contribution in [1.82, 2.24) is 14.9 Å². The second-order valence-corrected chi connectivity index (χ2v) is 6.19. The summed E-state index contributed by atoms with van der Waals surface area (Å²) in [6.45, 7) is 4.06. The van der Waals surface area contributed by atoms with Gasteiger partial charge in [-0.3, -0.25) is 0 Å². The normalized spacial score (nSPS) is 31.2. The minimum Gasteiger partial charge on any atom is -0.351 e. The van der Waals surface area contributed by atoms with Crippen molar-refractivity contribution < 1.29 is 0 Å². The van der Waals surface area contributed by atoms with Gasteiger partial charge in [-0.2, -0.15) is 0 Å². The summed E-state index contributed by atoms with van der Waals surface area (Å²) < 4.78 is 0. The van der Waals surface area contributed by atoms with E-state index in [1.807, 2.05) is 19.9 Å². The highest BCUT2D eigenvalue weighted by Gasteiger charge is 2.36. The number of piperidine rings is 2. The molecule has 2 aliphatic rings. The first-order valence-corrected chi connectivity index (χ1v) is 7.42. The van der Waals surface area contributed by atoms with Gasteiger partial charge in [0, 0.05) is 29.5 Å². The van der Waals surface area contributed by atoms with Gasteiger partial charge in [-0.25, -0.2) is 9.97 Å². The number of aryl methyl sites for hydroxylation is 2. The Kier molecular flexibility index (Phi) is 3.44. The monoisotopic (exact) mass is 260 g/mol. The molecule has 2 unspecified atom stereocenters. The molecule has 4 heteroatoms. The molecule has 2 saturated heterocycles. The first kappa shape index (κ1) is 12.9. The molecule has 19 heavy (non-hydrogen) atoms. The molecule has 1 aromatic rings. The van der Waals surface area contributed by atoms with Crippen LogP contribution in [0.1, 0.15) is 43.5 Å². The van der Waals surface area contributed by atoms with Crippen LogP contribution < -0.4 is 5.32 Å². The molecule has 2 aliphatic heterocycles. The molecule has 0 saturated carbocycles. The van der Waals surface area contributed by atoms with E-state index in [0.717, 1.165) is 29.4 Å². The van der Waals surface area contributed by atoms with Crippen molar-refractivity contribution in [3.05, 3.63) is 17.5 Å². The van der Waals surface area contributed by atoms with E-state index >= 15 is 0 Å². The average Bonchev–Trinajstić information content (AvgIpc) is 2.29. The predicted octanol–water partition coefficient (Wildman–Crippen LogP) is 2.52. The van der Waals surface area contributed by atoms with E-state index in [1.54, 1.807) is 0 Å². The number of hydrogen-bond acceptors (Lipinski definition) is 4. The van der Waals surface area contributed by atoms with E-state index in [0.29, 0.717) is 6.04 Å². The Hall–Kier alpha value is -1.16. The molecule has 0 radical (unpaired) electrons. The van der Waals surface area contributed by atoms with Crippen LogP contribution in [0.25, 0.3) is 0 Å². The Balaban J connectivity index is 1.70. The number of aromatic nitrogens is 2. The molecule has 0 aliphatic carbocycles. The van der Waals surface area contributed by atoms with Crippen LogP contribution in [0.3, 0.4) is 0 Å². The predicted molar refractivity (Wildman–Crippen MR) is 77.3 cm³/mol. The van der Waals surface area contributed by atoms with Crippen molar-refractivity contribution in [1.29, 1.82) is 0 Å². The Morgan fingerprint density at radius 3 is 2.26 bits per heavy atom. The second kappa shape index (κ2) is 5.08. The molecule has 2 fully saturated rings. The Morgan fingerprint density at radius 1 is 1.11 bits per heavy atom. The van der Waals surface area contributed by atoms with Crippen molar-refractivity contribution in [2.45, 2.75) is 64.1 Å². The third-order valence-electron chi connectivity index (χ3n) is 4.66. The van der Waals surface area contributed by atoms with Crippen LogP contribution in [0.4, 0.5) is 5.95 Å². The third-order valence-corrected chi connectivity index (χ3v) is 4.66. The average molecular weight is 260 g/mol. The first-order chi connectivity index (χ1) is 9.11. The number of rotatable bonds is 2. The van der Waals surface area contributed by atoms with Gasteiger partial charge in [0.15, 0.2) is 0 Å². The topological polar surface area (TPSA) is 41.1 Å². The maximum Gasteiger partial charge on any atom is 0.223 e. The fourth-order valence-corrected chi connectivity index (χ4v) is 3.71. The number of hydrogen-bond donors (Lipinski definition) is 1. The number of fused-ring (bicyclic) bond motifs is 2. The van der Waals surface area contributed by atoms with E-state index in [9.17, 15) is 0 Å². The SMILES string of the molecule is Cc1cc(C)nc(NC2CC3CCCC(C2)N3C)n1. The molecule has 4 nitrogen and oxygen atoms in total. The van der Waals surface area contributed by atoms with Crippen molar-refractivity contribution >= 4 is 5.95 Å². The lowest BCUT2D eigenvalue weighted by molar-refractivity contribution is 0.0607. The highest BCUT2D eigenvalue weighted by molar-refractivity contribution is 5.29. The van der Waals surface area contributed by atoms with E-state index in [1.165, 1.54) is 32.1 Å². The molecule has 1 N–H and O–H groups in total. The third kappa shape index (κ3) is 2.73. The molecular weight excluding hydrogens is 236 g/mol. The van der Waals surface area contributed by atoms with Gasteiger partial charge in [-0.1, -0.05) is 6.42 Å². The summed E-state index contributed by atoms with van der Waals surface area (Å²) in [5, 5.41) is 3.56. The lowest BCUT2D eigenvalue weighted by atomic mass is 9.82. The lowest BCUT2D eigenvalue weighted by Crippen LogP contribution is -2.52. The minimum atomic E-state index is 0.535. The van der Waals surface area contributed by atoms with Gasteiger partial charge in [-0.05, 0) is 52.6 Å². The van der Waals surface area contributed by atoms with E-state index in [4.69, 9.17) is 0 Å². The highest BCUT2D eigenvalue weighted by Crippen LogP contribution is 2.33. The summed E-state index contributed by atoms with van der Waals surface area (Å²) in [7, 11) is 2.29. The molecule has 104 valence electrons. The first-order valence-electron chi connectivity index (χ1n) is 7.42. The Labute approximate surface area is 115 Å². The molecule has 3 rings (SSSR count). The molecule has 0 spiro atoms. The number of nitrogens with zero attached hydrogens (tertiary/aromatic N) is 3. The summed E-state index contributed by atoms with van der Waals surface area (Å²) in [6, 6.07) is 4.05. The van der Waals surface area contributed by atoms with Gasteiger partial charge in [0.2, 0.25) is 5.95 Å². The standard InChI is InChI=1S/C15H24N4/c1-10-7-11(2)17-15(16-10)18-12-8-13-5-4-6-14(9-12)19(13)3/h7,12-14H,4-6,8-9H2,1-3H3,(H,16,17,18). The summed E-state index contributed by atoms with van der Waals surface area (Å²) in [6.07, 6.45) is 6.54. The maximum absolute atomic E-state index is 4.51. The molecular formula is C15H24N4. The van der Waals surface area contributed by atoms with Crippen molar-refractivity contribution in [2.24, 2.45) is 0 Å². The van der Waals surface area contributed by atoms with E-state index in [-0.39, 0.29) is 0 Å². The Morgan fingerprint density at radius 2 is 1.68 bits per heavy atom. The van der Waals surface area contributed by atoms with Gasteiger partial charge in [0.1, 0.15) is 0 Å². The fourth-order valence-electron chi connectivity index (χ4n) is 3.71. The van der Waals surface area contributed by atoms with Crippen LogP contribution in [0, 0.1) is 13.8 Å². The molecule has 3 heterocycles. The maximum atomic E-state index is 4.51. The quantitative estimate of drug-likeness (QED) is 0.887. The van der Waals surface area contributed by atoms with Gasteiger partial charge < -0.3 is 10.2 Å². The van der Waals surface area contributed by atoms with Crippen LogP contribution in [0.2, 0.25) is 0 Å². The minimum absolute atomic E-state index is 0.535. The van der Waals surface area contributed by atoms with Gasteiger partial charge >= 0.3 is 0 Å². The highest BCUT2D eigenvalue weighted by atomic mass is 15.2. The van der Waals surface area contributed by atoms with Gasteiger partial charge in [-0.15, -0.1) is 0 Å². The largest absolute Gasteiger partial charge is 0.351 e. The molecule has 2 atom stereocenters. The molecule has 2 bridgehead atoms. The van der Waals surface area contributed by atoms with E-state index in [2.05, 4.69) is 27.2 Å². The summed E-state index contributed by atoms with van der Waals surface area (Å²) >= 11 is 0.